The van der Waals surface area contributed by atoms with Gasteiger partial charge >= 0.3 is 5.97 Å². The molecule has 6 heteroatoms. The predicted octanol–water partition coefficient (Wildman–Crippen LogP) is 3.35. The van der Waals surface area contributed by atoms with Crippen LogP contribution in [0.25, 0.3) is 16.5 Å². The number of carboxylic acid groups (broad SMARTS) is 1. The number of hydrogen-bond donors (Lipinski definition) is 2. The molecule has 0 bridgehead atoms. The lowest BCUT2D eigenvalue weighted by molar-refractivity contribution is -0.136. The molecule has 1 aromatic heterocycles. The lowest BCUT2D eigenvalue weighted by atomic mass is 9.99. The van der Waals surface area contributed by atoms with Crippen molar-refractivity contribution in [3.63, 3.8) is 0 Å². The first-order valence-corrected chi connectivity index (χ1v) is 8.01. The first-order valence-electron chi connectivity index (χ1n) is 7.49. The van der Waals surface area contributed by atoms with Crippen molar-refractivity contribution in [1.82, 2.24) is 14.8 Å². The number of nitrogens with zero attached hydrogens (tertiary/aromatic N) is 3. The molecule has 2 aromatic carbocycles. The number of carbonyl (C=O) groups is 1. The Morgan fingerprint density at radius 3 is 2.65 bits per heavy atom. The van der Waals surface area contributed by atoms with Gasteiger partial charge in [0.25, 0.3) is 0 Å². The van der Waals surface area contributed by atoms with Crippen LogP contribution in [0.3, 0.4) is 0 Å². The quantitative estimate of drug-likeness (QED) is 0.722. The molecule has 5 nitrogen and oxygen atoms in total. The molecule has 1 atom stereocenters. The van der Waals surface area contributed by atoms with Crippen LogP contribution < -0.4 is 0 Å². The molecule has 0 radical (unpaired) electrons. The summed E-state index contributed by atoms with van der Waals surface area (Å²) in [4.78, 5) is 11.2. The normalized spacial score (nSPS) is 15.7. The standard InChI is InChI=1S/C17H15N3O2S/c21-17(22)15(23)16-19-18-9-20(16)14-8-7-11(10-5-6-10)12-3-1-2-4-13(12)14/h1-4,7-10,15,23H,5-6H2,(H,21,22). The predicted molar refractivity (Wildman–Crippen MR) is 90.2 cm³/mol. The summed E-state index contributed by atoms with van der Waals surface area (Å²) in [6, 6.07) is 12.3. The minimum absolute atomic E-state index is 0.310. The molecule has 1 N–H and O–H groups in total. The van der Waals surface area contributed by atoms with Crippen LogP contribution in [-0.2, 0) is 4.79 Å². The molecule has 0 aliphatic heterocycles. The van der Waals surface area contributed by atoms with Crippen LogP contribution in [0.5, 0.6) is 0 Å². The molecule has 1 unspecified atom stereocenters. The molecule has 1 heterocycles. The summed E-state index contributed by atoms with van der Waals surface area (Å²) in [6.07, 6.45) is 4.01. The van der Waals surface area contributed by atoms with Crippen LogP contribution in [0.2, 0.25) is 0 Å². The second-order valence-corrected chi connectivity index (χ2v) is 6.31. The number of carboxylic acids is 1. The second-order valence-electron chi connectivity index (χ2n) is 5.79. The third-order valence-corrected chi connectivity index (χ3v) is 4.72. The van der Waals surface area contributed by atoms with Gasteiger partial charge < -0.3 is 5.11 Å². The Labute approximate surface area is 138 Å². The maximum absolute atomic E-state index is 11.2. The maximum atomic E-state index is 11.2. The van der Waals surface area contributed by atoms with Gasteiger partial charge in [0.05, 0.1) is 5.69 Å². The Hall–Kier alpha value is -2.34. The smallest absolute Gasteiger partial charge is 0.324 e. The summed E-state index contributed by atoms with van der Waals surface area (Å²) in [5.74, 6) is -0.0855. The molecular weight excluding hydrogens is 310 g/mol. The first kappa shape index (κ1) is 14.3. The second kappa shape index (κ2) is 5.38. The maximum Gasteiger partial charge on any atom is 0.324 e. The molecule has 1 aliphatic carbocycles. The third kappa shape index (κ3) is 2.39. The Bertz CT molecular complexity index is 902. The molecule has 23 heavy (non-hydrogen) atoms. The van der Waals surface area contributed by atoms with Gasteiger partial charge in [-0.05, 0) is 35.8 Å². The summed E-state index contributed by atoms with van der Waals surface area (Å²) in [6.45, 7) is 0. The van der Waals surface area contributed by atoms with Crippen molar-refractivity contribution in [1.29, 1.82) is 0 Å². The van der Waals surface area contributed by atoms with Crippen molar-refractivity contribution in [3.8, 4) is 5.69 Å². The lowest BCUT2D eigenvalue weighted by Gasteiger charge is -2.14. The van der Waals surface area contributed by atoms with Gasteiger partial charge in [0.15, 0.2) is 11.1 Å². The zero-order chi connectivity index (χ0) is 16.0. The van der Waals surface area contributed by atoms with Crippen LogP contribution in [-0.4, -0.2) is 25.8 Å². The molecule has 116 valence electrons. The van der Waals surface area contributed by atoms with Crippen molar-refractivity contribution in [2.45, 2.75) is 24.0 Å². The third-order valence-electron chi connectivity index (χ3n) is 4.26. The zero-order valence-electron chi connectivity index (χ0n) is 12.3. The minimum atomic E-state index is -1.04. The molecule has 0 amide bonds. The monoisotopic (exact) mass is 325 g/mol. The van der Waals surface area contributed by atoms with Crippen molar-refractivity contribution in [2.75, 3.05) is 0 Å². The van der Waals surface area contributed by atoms with E-state index in [1.807, 2.05) is 18.2 Å². The Balaban J connectivity index is 1.92. The average Bonchev–Trinajstić information content (AvgIpc) is 3.30. The molecule has 0 spiro atoms. The fraction of sp³-hybridized carbons (Fsp3) is 0.235. The van der Waals surface area contributed by atoms with Gasteiger partial charge in [-0.1, -0.05) is 30.3 Å². The van der Waals surface area contributed by atoms with Gasteiger partial charge in [0.2, 0.25) is 0 Å². The van der Waals surface area contributed by atoms with Crippen LogP contribution in [0.4, 0.5) is 0 Å². The van der Waals surface area contributed by atoms with Crippen LogP contribution in [0.15, 0.2) is 42.7 Å². The fourth-order valence-electron chi connectivity index (χ4n) is 2.99. The Kier molecular flexibility index (Phi) is 3.34. The number of benzene rings is 2. The molecule has 0 saturated heterocycles. The van der Waals surface area contributed by atoms with E-state index in [4.69, 9.17) is 0 Å². The number of fused-ring (bicyclic) bond motifs is 1. The van der Waals surface area contributed by atoms with Crippen molar-refractivity contribution in [3.05, 3.63) is 54.1 Å². The van der Waals surface area contributed by atoms with E-state index in [9.17, 15) is 9.90 Å². The van der Waals surface area contributed by atoms with E-state index in [0.29, 0.717) is 11.7 Å². The van der Waals surface area contributed by atoms with Gasteiger partial charge in [-0.2, -0.15) is 12.6 Å². The number of hydrogen-bond acceptors (Lipinski definition) is 4. The number of aromatic nitrogens is 3. The van der Waals surface area contributed by atoms with Crippen molar-refractivity contribution >= 4 is 29.4 Å². The van der Waals surface area contributed by atoms with E-state index in [-0.39, 0.29) is 0 Å². The minimum Gasteiger partial charge on any atom is -0.480 e. The zero-order valence-corrected chi connectivity index (χ0v) is 13.1. The summed E-state index contributed by atoms with van der Waals surface area (Å²) in [5.41, 5.74) is 2.24. The highest BCUT2D eigenvalue weighted by Crippen LogP contribution is 2.44. The fourth-order valence-corrected chi connectivity index (χ4v) is 3.17. The van der Waals surface area contributed by atoms with Crippen molar-refractivity contribution in [2.24, 2.45) is 0 Å². The highest BCUT2D eigenvalue weighted by molar-refractivity contribution is 7.81. The summed E-state index contributed by atoms with van der Waals surface area (Å²) < 4.78 is 1.71. The van der Waals surface area contributed by atoms with E-state index < -0.39 is 11.2 Å². The summed E-state index contributed by atoms with van der Waals surface area (Å²) in [7, 11) is 0. The lowest BCUT2D eigenvalue weighted by Crippen LogP contribution is -2.11. The number of rotatable bonds is 4. The molecular formula is C17H15N3O2S. The van der Waals surface area contributed by atoms with Gasteiger partial charge in [-0.3, -0.25) is 9.36 Å². The largest absolute Gasteiger partial charge is 0.480 e. The highest BCUT2D eigenvalue weighted by atomic mass is 32.1. The van der Waals surface area contributed by atoms with Crippen LogP contribution in [0, 0.1) is 0 Å². The topological polar surface area (TPSA) is 68.0 Å². The highest BCUT2D eigenvalue weighted by Gasteiger charge is 2.27. The van der Waals surface area contributed by atoms with E-state index >= 15 is 0 Å². The SMILES string of the molecule is O=C(O)C(S)c1nncn1-c1ccc(C2CC2)c2ccccc12. The Morgan fingerprint density at radius 1 is 1.22 bits per heavy atom. The van der Waals surface area contributed by atoms with Gasteiger partial charge in [-0.25, -0.2) is 0 Å². The van der Waals surface area contributed by atoms with Gasteiger partial charge in [0.1, 0.15) is 6.33 Å². The van der Waals surface area contributed by atoms with Gasteiger partial charge in [-0.15, -0.1) is 10.2 Å². The Morgan fingerprint density at radius 2 is 1.96 bits per heavy atom. The summed E-state index contributed by atoms with van der Waals surface area (Å²) >= 11 is 4.13. The molecule has 1 fully saturated rings. The number of thiol groups is 1. The molecule has 1 aliphatic rings. The molecule has 3 aromatic rings. The van der Waals surface area contributed by atoms with Crippen LogP contribution in [0.1, 0.15) is 35.4 Å². The van der Waals surface area contributed by atoms with E-state index in [2.05, 4.69) is 41.0 Å². The van der Waals surface area contributed by atoms with E-state index in [0.717, 1.165) is 11.1 Å². The van der Waals surface area contributed by atoms with E-state index in [1.54, 1.807) is 10.9 Å². The van der Waals surface area contributed by atoms with Gasteiger partial charge in [0, 0.05) is 5.39 Å². The molecule has 4 rings (SSSR count). The number of aliphatic carboxylic acids is 1. The van der Waals surface area contributed by atoms with Crippen molar-refractivity contribution < 1.29 is 9.90 Å². The average molecular weight is 325 g/mol. The molecule has 1 saturated carbocycles. The first-order chi connectivity index (χ1) is 11.2. The van der Waals surface area contributed by atoms with Crippen LogP contribution >= 0.6 is 12.6 Å². The summed E-state index contributed by atoms with van der Waals surface area (Å²) in [5, 5.41) is 18.3. The van der Waals surface area contributed by atoms with E-state index in [1.165, 1.54) is 23.8 Å².